The molecule has 1 aromatic carbocycles. The van der Waals surface area contributed by atoms with Crippen LogP contribution in [0.4, 0.5) is 29.3 Å². The molecular formula is C16H12F4N6O. The molecule has 0 saturated carbocycles. The molecule has 27 heavy (non-hydrogen) atoms. The van der Waals surface area contributed by atoms with E-state index in [9.17, 15) is 17.6 Å². The Morgan fingerprint density at radius 1 is 0.963 bits per heavy atom. The molecule has 0 saturated heterocycles. The zero-order valence-electron chi connectivity index (χ0n) is 13.5. The second-order valence-electron chi connectivity index (χ2n) is 5.14. The van der Waals surface area contributed by atoms with Crippen LogP contribution in [0.3, 0.4) is 0 Å². The highest BCUT2D eigenvalue weighted by molar-refractivity contribution is 5.42. The molecular weight excluding hydrogens is 368 g/mol. The van der Waals surface area contributed by atoms with Gasteiger partial charge in [0.1, 0.15) is 12.3 Å². The summed E-state index contributed by atoms with van der Waals surface area (Å²) in [5, 5.41) is 0. The lowest BCUT2D eigenvalue weighted by atomic mass is 10.2. The number of hydrogen-bond donors (Lipinski definition) is 2. The normalized spacial score (nSPS) is 11.1. The van der Waals surface area contributed by atoms with Crippen LogP contribution in [-0.4, -0.2) is 19.9 Å². The first-order valence-electron chi connectivity index (χ1n) is 7.53. The fourth-order valence-corrected chi connectivity index (χ4v) is 1.92. The monoisotopic (exact) mass is 380 g/mol. The van der Waals surface area contributed by atoms with Crippen LogP contribution in [0.5, 0.6) is 6.01 Å². The first kappa shape index (κ1) is 18.3. The van der Waals surface area contributed by atoms with Crippen LogP contribution in [0, 0.1) is 5.82 Å². The summed E-state index contributed by atoms with van der Waals surface area (Å²) in [4.78, 5) is 14.4. The summed E-state index contributed by atoms with van der Waals surface area (Å²) in [7, 11) is 0. The van der Waals surface area contributed by atoms with E-state index in [4.69, 9.17) is 4.74 Å². The second kappa shape index (κ2) is 7.81. The molecule has 0 aliphatic rings. The predicted octanol–water partition coefficient (Wildman–Crippen LogP) is 3.44. The number of ether oxygens (including phenoxy) is 1. The first-order chi connectivity index (χ1) is 12.9. The Morgan fingerprint density at radius 2 is 1.74 bits per heavy atom. The maximum Gasteiger partial charge on any atom is 0.433 e. The molecule has 0 amide bonds. The highest BCUT2D eigenvalue weighted by Gasteiger charge is 2.32. The van der Waals surface area contributed by atoms with Crippen molar-refractivity contribution in [3.63, 3.8) is 0 Å². The molecule has 3 aromatic rings. The molecule has 2 N–H and O–H groups in total. The summed E-state index contributed by atoms with van der Waals surface area (Å²) in [5.74, 6) is -1.59. The van der Waals surface area contributed by atoms with Gasteiger partial charge in [0, 0.05) is 6.20 Å². The Labute approximate surface area is 150 Å². The van der Waals surface area contributed by atoms with Crippen LogP contribution < -0.4 is 15.6 Å². The number of benzene rings is 1. The zero-order valence-corrected chi connectivity index (χ0v) is 13.5. The zero-order chi connectivity index (χ0) is 19.3. The fourth-order valence-electron chi connectivity index (χ4n) is 1.92. The van der Waals surface area contributed by atoms with E-state index >= 15 is 0 Å². The van der Waals surface area contributed by atoms with Crippen LogP contribution in [-0.2, 0) is 12.8 Å². The van der Waals surface area contributed by atoms with Crippen molar-refractivity contribution in [2.45, 2.75) is 12.8 Å². The number of hydrogen-bond acceptors (Lipinski definition) is 7. The molecule has 0 atom stereocenters. The van der Waals surface area contributed by atoms with Crippen molar-refractivity contribution >= 4 is 11.8 Å². The first-order valence-corrected chi connectivity index (χ1v) is 7.53. The highest BCUT2D eigenvalue weighted by atomic mass is 19.4. The van der Waals surface area contributed by atoms with E-state index in [1.54, 1.807) is 0 Å². The Hall–Kier alpha value is -3.50. The van der Waals surface area contributed by atoms with Crippen molar-refractivity contribution in [1.82, 2.24) is 19.9 Å². The van der Waals surface area contributed by atoms with Gasteiger partial charge in [-0.15, -0.1) is 0 Å². The van der Waals surface area contributed by atoms with Gasteiger partial charge in [0.15, 0.2) is 11.6 Å². The van der Waals surface area contributed by atoms with Crippen LogP contribution in [0.25, 0.3) is 0 Å². The van der Waals surface area contributed by atoms with Gasteiger partial charge in [0.05, 0.1) is 6.20 Å². The quantitative estimate of drug-likeness (QED) is 0.501. The Kier molecular flexibility index (Phi) is 5.29. The topological polar surface area (TPSA) is 84.9 Å². The van der Waals surface area contributed by atoms with Gasteiger partial charge in [0.2, 0.25) is 5.95 Å². The van der Waals surface area contributed by atoms with Gasteiger partial charge in [-0.2, -0.15) is 18.2 Å². The van der Waals surface area contributed by atoms with Gasteiger partial charge in [0.25, 0.3) is 0 Å². The molecule has 0 fully saturated rings. The summed E-state index contributed by atoms with van der Waals surface area (Å²) >= 11 is 0. The van der Waals surface area contributed by atoms with Gasteiger partial charge in [-0.05, 0) is 11.6 Å². The van der Waals surface area contributed by atoms with Crippen molar-refractivity contribution < 1.29 is 22.3 Å². The van der Waals surface area contributed by atoms with Crippen LogP contribution in [0.2, 0.25) is 0 Å². The molecule has 0 radical (unpaired) electrons. The Morgan fingerprint density at radius 3 is 2.48 bits per heavy atom. The average molecular weight is 380 g/mol. The number of rotatable bonds is 6. The number of anilines is 2. The van der Waals surface area contributed by atoms with Crippen molar-refractivity contribution in [3.05, 3.63) is 65.9 Å². The summed E-state index contributed by atoms with van der Waals surface area (Å²) in [6.45, 7) is 0.163. The molecule has 3 rings (SSSR count). The van der Waals surface area contributed by atoms with Gasteiger partial charge in [-0.3, -0.25) is 10.9 Å². The van der Waals surface area contributed by atoms with E-state index in [1.807, 2.05) is 30.3 Å². The molecule has 11 heteroatoms. The number of nitrogens with one attached hydrogen (secondary N) is 2. The lowest BCUT2D eigenvalue weighted by Gasteiger charge is -2.11. The van der Waals surface area contributed by atoms with Crippen molar-refractivity contribution in [2.75, 3.05) is 10.9 Å². The molecule has 140 valence electrons. The van der Waals surface area contributed by atoms with E-state index in [2.05, 4.69) is 30.8 Å². The van der Waals surface area contributed by atoms with E-state index in [1.165, 1.54) is 0 Å². The second-order valence-corrected chi connectivity index (χ2v) is 5.14. The fraction of sp³-hybridized carbons (Fsp3) is 0.125. The van der Waals surface area contributed by atoms with Crippen LogP contribution >= 0.6 is 0 Å². The molecule has 7 nitrogen and oxygen atoms in total. The number of alkyl halides is 3. The van der Waals surface area contributed by atoms with E-state index in [0.29, 0.717) is 6.07 Å². The van der Waals surface area contributed by atoms with E-state index in [-0.39, 0.29) is 18.4 Å². The number of halogens is 4. The van der Waals surface area contributed by atoms with Gasteiger partial charge in [-0.25, -0.2) is 19.3 Å². The molecule has 0 aliphatic carbocycles. The van der Waals surface area contributed by atoms with Crippen LogP contribution in [0.1, 0.15) is 11.3 Å². The molecule has 0 unspecified atom stereocenters. The predicted molar refractivity (Wildman–Crippen MR) is 87.0 cm³/mol. The molecule has 0 bridgehead atoms. The minimum absolute atomic E-state index is 0.116. The molecule has 0 aliphatic heterocycles. The smallest absolute Gasteiger partial charge is 0.433 e. The molecule has 2 heterocycles. The number of hydrazine groups is 1. The standard InChI is InChI=1S/C16H12F4N6O/c17-11-8-22-15(27-9-10-4-2-1-3-5-10)24-13(11)25-26-14-21-7-6-12(23-14)16(18,19)20/h1-8H,9H2,(H,21,23,26)(H,22,24,25). The minimum Gasteiger partial charge on any atom is -0.459 e. The number of nitrogens with zero attached hydrogens (tertiary/aromatic N) is 4. The largest absolute Gasteiger partial charge is 0.459 e. The lowest BCUT2D eigenvalue weighted by Crippen LogP contribution is -2.17. The summed E-state index contributed by atoms with van der Waals surface area (Å²) in [6.07, 6.45) is -2.84. The Bertz CT molecular complexity index is 907. The van der Waals surface area contributed by atoms with Crippen molar-refractivity contribution in [1.29, 1.82) is 0 Å². The SMILES string of the molecule is Fc1cnc(OCc2ccccc2)nc1NNc1nccc(C(F)(F)F)n1. The number of aromatic nitrogens is 4. The van der Waals surface area contributed by atoms with E-state index in [0.717, 1.165) is 18.0 Å². The van der Waals surface area contributed by atoms with Gasteiger partial charge >= 0.3 is 12.2 Å². The lowest BCUT2D eigenvalue weighted by molar-refractivity contribution is -0.141. The Balaban J connectivity index is 1.66. The summed E-state index contributed by atoms with van der Waals surface area (Å²) < 4.78 is 57.1. The molecule has 2 aromatic heterocycles. The van der Waals surface area contributed by atoms with Gasteiger partial charge < -0.3 is 4.74 Å². The molecule has 0 spiro atoms. The third-order valence-electron chi connectivity index (χ3n) is 3.17. The van der Waals surface area contributed by atoms with Crippen molar-refractivity contribution in [2.24, 2.45) is 0 Å². The third kappa shape index (κ3) is 5.00. The van der Waals surface area contributed by atoms with Gasteiger partial charge in [-0.1, -0.05) is 30.3 Å². The van der Waals surface area contributed by atoms with Crippen molar-refractivity contribution in [3.8, 4) is 6.01 Å². The third-order valence-corrected chi connectivity index (χ3v) is 3.17. The summed E-state index contributed by atoms with van der Waals surface area (Å²) in [5.41, 5.74) is 4.27. The van der Waals surface area contributed by atoms with E-state index < -0.39 is 23.6 Å². The summed E-state index contributed by atoms with van der Waals surface area (Å²) in [6, 6.07) is 9.76. The highest BCUT2D eigenvalue weighted by Crippen LogP contribution is 2.27. The maximum absolute atomic E-state index is 13.8. The minimum atomic E-state index is -4.63. The van der Waals surface area contributed by atoms with Crippen LogP contribution in [0.15, 0.2) is 48.8 Å². The average Bonchev–Trinajstić information content (AvgIpc) is 2.67. The maximum atomic E-state index is 13.8.